The molecular weight excluding hydrogens is 218 g/mol. The Kier molecular flexibility index (Phi) is 3.86. The number of carboxylic acid groups (broad SMARTS) is 1. The SMILES string of the molecule is CSC[C@@H]1OC(C)(C)O[C@@H]1N(C)C(=O)O. The topological polar surface area (TPSA) is 59.0 Å². The van der Waals surface area contributed by atoms with E-state index in [1.165, 1.54) is 7.05 Å². The molecule has 1 aliphatic heterocycles. The Balaban J connectivity index is 2.72. The zero-order valence-electron chi connectivity index (χ0n) is 9.39. The van der Waals surface area contributed by atoms with Gasteiger partial charge in [0.1, 0.15) is 6.10 Å². The first-order valence-corrected chi connectivity index (χ1v) is 6.07. The summed E-state index contributed by atoms with van der Waals surface area (Å²) in [6.07, 6.45) is 0.209. The molecule has 1 saturated heterocycles. The van der Waals surface area contributed by atoms with E-state index in [2.05, 4.69) is 0 Å². The molecule has 0 radical (unpaired) electrons. The van der Waals surface area contributed by atoms with E-state index in [1.807, 2.05) is 6.26 Å². The third-order valence-electron chi connectivity index (χ3n) is 2.17. The van der Waals surface area contributed by atoms with Crippen LogP contribution in [0.5, 0.6) is 0 Å². The van der Waals surface area contributed by atoms with Gasteiger partial charge < -0.3 is 14.6 Å². The van der Waals surface area contributed by atoms with Crippen LogP contribution in [0.25, 0.3) is 0 Å². The minimum Gasteiger partial charge on any atom is -0.465 e. The second-order valence-electron chi connectivity index (χ2n) is 3.91. The van der Waals surface area contributed by atoms with Gasteiger partial charge in [-0.05, 0) is 20.1 Å². The van der Waals surface area contributed by atoms with E-state index in [0.717, 1.165) is 4.90 Å². The van der Waals surface area contributed by atoms with Crippen LogP contribution in [0.3, 0.4) is 0 Å². The Bertz CT molecular complexity index is 246. The number of nitrogens with zero attached hydrogens (tertiary/aromatic N) is 1. The smallest absolute Gasteiger partial charge is 0.409 e. The fraction of sp³-hybridized carbons (Fsp3) is 0.889. The van der Waals surface area contributed by atoms with Gasteiger partial charge in [0.25, 0.3) is 0 Å². The number of amides is 1. The number of thioether (sulfide) groups is 1. The van der Waals surface area contributed by atoms with Gasteiger partial charge in [0.2, 0.25) is 0 Å². The summed E-state index contributed by atoms with van der Waals surface area (Å²) < 4.78 is 11.2. The number of carbonyl (C=O) groups is 1. The van der Waals surface area contributed by atoms with Crippen molar-refractivity contribution >= 4 is 17.9 Å². The molecule has 1 heterocycles. The van der Waals surface area contributed by atoms with Crippen LogP contribution in [-0.4, -0.2) is 53.3 Å². The summed E-state index contributed by atoms with van der Waals surface area (Å²) in [5.74, 6) is 0.000486. The molecule has 2 atom stereocenters. The van der Waals surface area contributed by atoms with Crippen LogP contribution in [0.4, 0.5) is 4.79 Å². The van der Waals surface area contributed by atoms with E-state index in [0.29, 0.717) is 5.75 Å². The van der Waals surface area contributed by atoms with Crippen molar-refractivity contribution in [2.75, 3.05) is 19.1 Å². The standard InChI is InChI=1S/C9H17NO4S/c1-9(2)13-6(5-15-4)7(14-9)10(3)8(11)12/h6-7H,5H2,1-4H3,(H,11,12)/t6-,7-/m0/s1. The van der Waals surface area contributed by atoms with Gasteiger partial charge in [0.15, 0.2) is 12.0 Å². The normalized spacial score (nSPS) is 29.1. The monoisotopic (exact) mass is 235 g/mol. The predicted octanol–water partition coefficient (Wildman–Crippen LogP) is 1.44. The number of likely N-dealkylation sites (N-methyl/N-ethyl adjacent to an activating group) is 1. The van der Waals surface area contributed by atoms with Crippen molar-refractivity contribution in [3.8, 4) is 0 Å². The molecule has 0 saturated carbocycles. The zero-order valence-corrected chi connectivity index (χ0v) is 10.2. The minimum absolute atomic E-state index is 0.212. The molecule has 0 aromatic rings. The summed E-state index contributed by atoms with van der Waals surface area (Å²) in [4.78, 5) is 12.0. The highest BCUT2D eigenvalue weighted by Crippen LogP contribution is 2.31. The lowest BCUT2D eigenvalue weighted by Crippen LogP contribution is -2.43. The first-order valence-electron chi connectivity index (χ1n) is 4.67. The van der Waals surface area contributed by atoms with Gasteiger partial charge in [-0.3, -0.25) is 4.90 Å². The number of ether oxygens (including phenoxy) is 2. The Morgan fingerprint density at radius 3 is 2.60 bits per heavy atom. The van der Waals surface area contributed by atoms with Crippen molar-refractivity contribution in [1.82, 2.24) is 4.90 Å². The third kappa shape index (κ3) is 2.99. The van der Waals surface area contributed by atoms with Crippen molar-refractivity contribution in [2.45, 2.75) is 32.0 Å². The molecule has 0 aromatic carbocycles. The number of hydrogen-bond donors (Lipinski definition) is 1. The van der Waals surface area contributed by atoms with Crippen LogP contribution >= 0.6 is 11.8 Å². The number of rotatable bonds is 3. The van der Waals surface area contributed by atoms with E-state index >= 15 is 0 Å². The van der Waals surface area contributed by atoms with Crippen molar-refractivity contribution in [1.29, 1.82) is 0 Å². The summed E-state index contributed by atoms with van der Waals surface area (Å²) in [6.45, 7) is 3.58. The Hall–Kier alpha value is -0.460. The number of hydrogen-bond acceptors (Lipinski definition) is 4. The molecule has 1 amide bonds. The molecule has 6 heteroatoms. The minimum atomic E-state index is -1.01. The molecule has 1 rings (SSSR count). The van der Waals surface area contributed by atoms with Gasteiger partial charge in [-0.1, -0.05) is 0 Å². The first kappa shape index (κ1) is 12.6. The fourth-order valence-corrected chi connectivity index (χ4v) is 2.10. The van der Waals surface area contributed by atoms with Crippen LogP contribution in [-0.2, 0) is 9.47 Å². The lowest BCUT2D eigenvalue weighted by molar-refractivity contribution is -0.156. The van der Waals surface area contributed by atoms with Gasteiger partial charge >= 0.3 is 6.09 Å². The van der Waals surface area contributed by atoms with Gasteiger partial charge in [0, 0.05) is 12.8 Å². The molecule has 5 nitrogen and oxygen atoms in total. The van der Waals surface area contributed by atoms with Crippen LogP contribution in [0, 0.1) is 0 Å². The molecule has 0 unspecified atom stereocenters. The second-order valence-corrected chi connectivity index (χ2v) is 4.82. The molecule has 0 bridgehead atoms. The molecule has 15 heavy (non-hydrogen) atoms. The Morgan fingerprint density at radius 2 is 2.13 bits per heavy atom. The summed E-state index contributed by atoms with van der Waals surface area (Å²) in [6, 6.07) is 0. The molecule has 1 fully saturated rings. The summed E-state index contributed by atoms with van der Waals surface area (Å²) in [5.41, 5.74) is 0. The van der Waals surface area contributed by atoms with Crippen LogP contribution in [0.2, 0.25) is 0 Å². The van der Waals surface area contributed by atoms with Gasteiger partial charge in [-0.25, -0.2) is 4.79 Å². The average Bonchev–Trinajstić information content (AvgIpc) is 2.40. The van der Waals surface area contributed by atoms with E-state index in [9.17, 15) is 4.79 Å². The van der Waals surface area contributed by atoms with Crippen molar-refractivity contribution < 1.29 is 19.4 Å². The molecule has 0 aliphatic carbocycles. The van der Waals surface area contributed by atoms with Crippen LogP contribution in [0.1, 0.15) is 13.8 Å². The first-order chi connectivity index (χ1) is 6.87. The zero-order chi connectivity index (χ0) is 11.6. The summed E-state index contributed by atoms with van der Waals surface area (Å²) >= 11 is 1.61. The fourth-order valence-electron chi connectivity index (χ4n) is 1.54. The molecule has 1 N–H and O–H groups in total. The maximum atomic E-state index is 10.8. The largest absolute Gasteiger partial charge is 0.465 e. The highest BCUT2D eigenvalue weighted by Gasteiger charge is 2.44. The van der Waals surface area contributed by atoms with Crippen molar-refractivity contribution in [2.24, 2.45) is 0 Å². The highest BCUT2D eigenvalue weighted by molar-refractivity contribution is 7.98. The maximum Gasteiger partial charge on any atom is 0.409 e. The van der Waals surface area contributed by atoms with Gasteiger partial charge in [-0.15, -0.1) is 0 Å². The summed E-state index contributed by atoms with van der Waals surface area (Å²) in [5, 5.41) is 8.88. The third-order valence-corrected chi connectivity index (χ3v) is 2.83. The Morgan fingerprint density at radius 1 is 1.53 bits per heavy atom. The Labute approximate surface area is 93.7 Å². The highest BCUT2D eigenvalue weighted by atomic mass is 32.2. The quantitative estimate of drug-likeness (QED) is 0.802. The van der Waals surface area contributed by atoms with E-state index < -0.39 is 18.1 Å². The van der Waals surface area contributed by atoms with Crippen LogP contribution < -0.4 is 0 Å². The van der Waals surface area contributed by atoms with Crippen molar-refractivity contribution in [3.63, 3.8) is 0 Å². The van der Waals surface area contributed by atoms with Gasteiger partial charge in [-0.2, -0.15) is 11.8 Å². The summed E-state index contributed by atoms with van der Waals surface area (Å²) in [7, 11) is 1.49. The lowest BCUT2D eigenvalue weighted by Gasteiger charge is -2.24. The van der Waals surface area contributed by atoms with Crippen LogP contribution in [0.15, 0.2) is 0 Å². The predicted molar refractivity (Wildman–Crippen MR) is 58.0 cm³/mol. The lowest BCUT2D eigenvalue weighted by atomic mass is 10.3. The molecular formula is C9H17NO4S. The average molecular weight is 235 g/mol. The van der Waals surface area contributed by atoms with E-state index in [-0.39, 0.29) is 6.10 Å². The van der Waals surface area contributed by atoms with Crippen molar-refractivity contribution in [3.05, 3.63) is 0 Å². The van der Waals surface area contributed by atoms with E-state index in [1.54, 1.807) is 25.6 Å². The molecule has 1 aliphatic rings. The second kappa shape index (κ2) is 4.59. The van der Waals surface area contributed by atoms with Gasteiger partial charge in [0.05, 0.1) is 0 Å². The molecule has 0 aromatic heterocycles. The van der Waals surface area contributed by atoms with E-state index in [4.69, 9.17) is 14.6 Å². The molecule has 88 valence electrons. The molecule has 0 spiro atoms. The maximum absolute atomic E-state index is 10.8.